The Balaban J connectivity index is 3.24. The molecule has 0 spiro atoms. The van der Waals surface area contributed by atoms with Gasteiger partial charge in [0, 0.05) is 0 Å². The van der Waals surface area contributed by atoms with Gasteiger partial charge in [-0.1, -0.05) is 61.2 Å². The normalized spacial score (nSPS) is 13.2. The molecule has 0 aliphatic heterocycles. The molecule has 0 saturated carbocycles. The van der Waals surface area contributed by atoms with Crippen LogP contribution in [0.4, 0.5) is 0 Å². The second-order valence-corrected chi connectivity index (χ2v) is 10.5. The number of rotatable bonds is 4. The topological polar surface area (TPSA) is 0 Å². The van der Waals surface area contributed by atoms with Gasteiger partial charge in [0.25, 0.3) is 0 Å². The predicted molar refractivity (Wildman–Crippen MR) is 77.2 cm³/mol. The molecule has 0 aromatic heterocycles. The van der Waals surface area contributed by atoms with E-state index in [0.29, 0.717) is 0 Å². The molecule has 0 amide bonds. The lowest BCUT2D eigenvalue weighted by molar-refractivity contribution is 1.35. The van der Waals surface area contributed by atoms with Gasteiger partial charge in [-0.15, -0.1) is 6.58 Å². The SMILES string of the molecule is C=CCC(=C(C)[Si](C)(C)C)c1ccccc1. The lowest BCUT2D eigenvalue weighted by Crippen LogP contribution is -2.23. The summed E-state index contributed by atoms with van der Waals surface area (Å²) in [7, 11) is -1.21. The quantitative estimate of drug-likeness (QED) is 0.509. The number of allylic oxidation sites excluding steroid dienone is 3. The van der Waals surface area contributed by atoms with E-state index in [1.807, 2.05) is 6.08 Å². The van der Waals surface area contributed by atoms with Crippen LogP contribution in [0.15, 0.2) is 48.2 Å². The highest BCUT2D eigenvalue weighted by Crippen LogP contribution is 2.28. The third-order valence-corrected chi connectivity index (χ3v) is 5.60. The van der Waals surface area contributed by atoms with Crippen molar-refractivity contribution in [2.24, 2.45) is 0 Å². The Morgan fingerprint density at radius 3 is 2.19 bits per heavy atom. The van der Waals surface area contributed by atoms with Gasteiger partial charge in [-0.05, 0) is 24.5 Å². The van der Waals surface area contributed by atoms with Crippen LogP contribution < -0.4 is 0 Å². The molecule has 0 fully saturated rings. The molecule has 0 radical (unpaired) electrons. The van der Waals surface area contributed by atoms with Crippen molar-refractivity contribution in [2.75, 3.05) is 0 Å². The first kappa shape index (κ1) is 13.0. The first-order chi connectivity index (χ1) is 7.46. The van der Waals surface area contributed by atoms with E-state index in [2.05, 4.69) is 63.5 Å². The predicted octanol–water partition coefficient (Wildman–Crippen LogP) is 4.91. The van der Waals surface area contributed by atoms with E-state index in [-0.39, 0.29) is 0 Å². The molecule has 0 unspecified atom stereocenters. The minimum Gasteiger partial charge on any atom is -0.103 e. The van der Waals surface area contributed by atoms with Crippen molar-refractivity contribution >= 4 is 13.6 Å². The van der Waals surface area contributed by atoms with Crippen LogP contribution in [0.3, 0.4) is 0 Å². The third kappa shape index (κ3) is 3.21. The van der Waals surface area contributed by atoms with E-state index in [4.69, 9.17) is 0 Å². The summed E-state index contributed by atoms with van der Waals surface area (Å²) in [5, 5.41) is 1.58. The number of hydrogen-bond acceptors (Lipinski definition) is 0. The van der Waals surface area contributed by atoms with Gasteiger partial charge in [-0.25, -0.2) is 0 Å². The fraction of sp³-hybridized carbons (Fsp3) is 0.333. The van der Waals surface area contributed by atoms with E-state index in [0.717, 1.165) is 6.42 Å². The Labute approximate surface area is 101 Å². The maximum absolute atomic E-state index is 3.87. The summed E-state index contributed by atoms with van der Waals surface area (Å²) in [6.45, 7) is 13.4. The summed E-state index contributed by atoms with van der Waals surface area (Å²) in [6.07, 6.45) is 2.98. The number of benzene rings is 1. The molecule has 16 heavy (non-hydrogen) atoms. The van der Waals surface area contributed by atoms with Crippen molar-refractivity contribution in [2.45, 2.75) is 33.0 Å². The van der Waals surface area contributed by atoms with Crippen LogP contribution in [0.25, 0.3) is 5.57 Å². The maximum atomic E-state index is 3.87. The summed E-state index contributed by atoms with van der Waals surface area (Å²) in [4.78, 5) is 0. The maximum Gasteiger partial charge on any atom is 0.0724 e. The molecule has 1 aromatic carbocycles. The zero-order valence-electron chi connectivity index (χ0n) is 10.9. The van der Waals surface area contributed by atoms with Crippen molar-refractivity contribution in [1.82, 2.24) is 0 Å². The summed E-state index contributed by atoms with van der Waals surface area (Å²) < 4.78 is 0. The van der Waals surface area contributed by atoms with E-state index >= 15 is 0 Å². The Hall–Kier alpha value is -1.08. The molecule has 0 bridgehead atoms. The summed E-state index contributed by atoms with van der Waals surface area (Å²) in [6, 6.07) is 10.7. The second-order valence-electron chi connectivity index (χ2n) is 5.21. The van der Waals surface area contributed by atoms with E-state index in [1.165, 1.54) is 11.1 Å². The van der Waals surface area contributed by atoms with Gasteiger partial charge in [0.2, 0.25) is 0 Å². The van der Waals surface area contributed by atoms with Crippen molar-refractivity contribution < 1.29 is 0 Å². The molecule has 0 N–H and O–H groups in total. The molecule has 1 aromatic rings. The minimum absolute atomic E-state index is 0.972. The smallest absolute Gasteiger partial charge is 0.0724 e. The molecule has 0 aliphatic rings. The van der Waals surface area contributed by atoms with Crippen molar-refractivity contribution in [3.63, 3.8) is 0 Å². The average molecular weight is 230 g/mol. The minimum atomic E-state index is -1.21. The molecule has 1 rings (SSSR count). The molecule has 86 valence electrons. The Morgan fingerprint density at radius 1 is 1.19 bits per heavy atom. The van der Waals surface area contributed by atoms with Gasteiger partial charge < -0.3 is 0 Å². The zero-order valence-corrected chi connectivity index (χ0v) is 11.9. The van der Waals surface area contributed by atoms with Crippen LogP contribution in [0, 0.1) is 0 Å². The van der Waals surface area contributed by atoms with Crippen LogP contribution >= 0.6 is 0 Å². The van der Waals surface area contributed by atoms with Crippen molar-refractivity contribution in [3.8, 4) is 0 Å². The summed E-state index contributed by atoms with van der Waals surface area (Å²) in [5.74, 6) is 0. The fourth-order valence-electron chi connectivity index (χ4n) is 1.72. The summed E-state index contributed by atoms with van der Waals surface area (Å²) in [5.41, 5.74) is 2.82. The Bertz CT molecular complexity index is 380. The first-order valence-electron chi connectivity index (χ1n) is 5.83. The van der Waals surface area contributed by atoms with Gasteiger partial charge in [-0.3, -0.25) is 0 Å². The molecular formula is C15H22Si. The standard InChI is InChI=1S/C15H22Si/c1-6-10-15(13(2)16(3,4)5)14-11-8-7-9-12-14/h6-9,11-12H,1,10H2,2-5H3. The van der Waals surface area contributed by atoms with Crippen LogP contribution in [0.2, 0.25) is 19.6 Å². The van der Waals surface area contributed by atoms with Gasteiger partial charge >= 0.3 is 0 Å². The highest BCUT2D eigenvalue weighted by Gasteiger charge is 2.19. The van der Waals surface area contributed by atoms with Crippen LogP contribution in [0.1, 0.15) is 18.9 Å². The zero-order chi connectivity index (χ0) is 12.2. The van der Waals surface area contributed by atoms with E-state index in [9.17, 15) is 0 Å². The molecular weight excluding hydrogens is 208 g/mol. The van der Waals surface area contributed by atoms with Gasteiger partial charge in [0.1, 0.15) is 0 Å². The van der Waals surface area contributed by atoms with Crippen LogP contribution in [-0.2, 0) is 0 Å². The lowest BCUT2D eigenvalue weighted by atomic mass is 10.0. The van der Waals surface area contributed by atoms with Gasteiger partial charge in [-0.2, -0.15) is 0 Å². The highest BCUT2D eigenvalue weighted by molar-refractivity contribution is 6.83. The van der Waals surface area contributed by atoms with Crippen LogP contribution in [0.5, 0.6) is 0 Å². The van der Waals surface area contributed by atoms with Gasteiger partial charge in [0.15, 0.2) is 0 Å². The third-order valence-electron chi connectivity index (χ3n) is 3.05. The fourth-order valence-corrected chi connectivity index (χ4v) is 2.88. The largest absolute Gasteiger partial charge is 0.103 e. The Kier molecular flexibility index (Phi) is 4.31. The molecule has 0 nitrogen and oxygen atoms in total. The molecule has 1 heteroatoms. The Morgan fingerprint density at radius 2 is 1.75 bits per heavy atom. The lowest BCUT2D eigenvalue weighted by Gasteiger charge is -2.22. The van der Waals surface area contributed by atoms with Crippen molar-refractivity contribution in [1.29, 1.82) is 0 Å². The average Bonchev–Trinajstić information content (AvgIpc) is 2.25. The summed E-state index contributed by atoms with van der Waals surface area (Å²) >= 11 is 0. The molecule has 0 heterocycles. The van der Waals surface area contributed by atoms with E-state index < -0.39 is 8.07 Å². The van der Waals surface area contributed by atoms with E-state index in [1.54, 1.807) is 5.20 Å². The highest BCUT2D eigenvalue weighted by atomic mass is 28.3. The first-order valence-corrected chi connectivity index (χ1v) is 9.33. The molecule has 0 saturated heterocycles. The second kappa shape index (κ2) is 5.31. The number of hydrogen-bond donors (Lipinski definition) is 0. The monoisotopic (exact) mass is 230 g/mol. The van der Waals surface area contributed by atoms with Crippen LogP contribution in [-0.4, -0.2) is 8.07 Å². The molecule has 0 atom stereocenters. The van der Waals surface area contributed by atoms with Crippen molar-refractivity contribution in [3.05, 3.63) is 53.7 Å². The molecule has 0 aliphatic carbocycles. The van der Waals surface area contributed by atoms with Gasteiger partial charge in [0.05, 0.1) is 8.07 Å².